The average molecular weight is 423 g/mol. The molecule has 0 unspecified atom stereocenters. The molecule has 2 aromatic rings. The van der Waals surface area contributed by atoms with Crippen molar-refractivity contribution >= 4 is 50.2 Å². The molecule has 0 bridgehead atoms. The third kappa shape index (κ3) is 4.38. The number of aryl methyl sites for hydroxylation is 1. The van der Waals surface area contributed by atoms with Gasteiger partial charge in [0, 0.05) is 11.0 Å². The highest BCUT2D eigenvalue weighted by atomic mass is 79.9. The van der Waals surface area contributed by atoms with E-state index >= 15 is 0 Å². The fourth-order valence-electron chi connectivity index (χ4n) is 2.03. The minimum atomic E-state index is -0.623. The summed E-state index contributed by atoms with van der Waals surface area (Å²) < 4.78 is 10.8. The molecule has 130 valence electrons. The minimum absolute atomic E-state index is 0.139. The van der Waals surface area contributed by atoms with E-state index in [1.54, 1.807) is 26.0 Å². The fraction of sp³-hybridized carbons (Fsp3) is 0.235. The lowest BCUT2D eigenvalue weighted by atomic mass is 10.1. The number of ether oxygens (including phenoxy) is 1. The Morgan fingerprint density at radius 2 is 2.16 bits per heavy atom. The van der Waals surface area contributed by atoms with Gasteiger partial charge in [-0.25, -0.2) is 4.79 Å². The number of nitrogens with one attached hydrogen (secondary N) is 1. The first-order valence-corrected chi connectivity index (χ1v) is 8.93. The monoisotopic (exact) mass is 422 g/mol. The van der Waals surface area contributed by atoms with E-state index in [0.717, 1.165) is 10.4 Å². The molecular formula is C17H15BrN2O4S. The van der Waals surface area contributed by atoms with E-state index in [9.17, 15) is 14.9 Å². The first kappa shape index (κ1) is 19.0. The molecule has 0 saturated heterocycles. The van der Waals surface area contributed by atoms with Gasteiger partial charge in [0.15, 0.2) is 4.67 Å². The van der Waals surface area contributed by atoms with E-state index in [0.29, 0.717) is 21.0 Å². The van der Waals surface area contributed by atoms with Gasteiger partial charge in [-0.2, -0.15) is 5.26 Å². The number of halogens is 1. The highest BCUT2D eigenvalue weighted by Crippen LogP contribution is 2.33. The number of carbonyl (C=O) groups is 2. The molecule has 1 N–H and O–H groups in total. The van der Waals surface area contributed by atoms with Gasteiger partial charge >= 0.3 is 5.97 Å². The molecule has 0 aliphatic rings. The molecular weight excluding hydrogens is 408 g/mol. The SMILES string of the molecule is CCOC(=O)c1c(NC(=O)/C(C#N)=C/c2ccc(Br)o2)sc(C)c1C. The van der Waals surface area contributed by atoms with Gasteiger partial charge < -0.3 is 14.5 Å². The van der Waals surface area contributed by atoms with E-state index in [1.165, 1.54) is 17.4 Å². The molecule has 1 amide bonds. The lowest BCUT2D eigenvalue weighted by Gasteiger charge is -2.06. The first-order valence-electron chi connectivity index (χ1n) is 7.33. The zero-order valence-electron chi connectivity index (χ0n) is 13.8. The Morgan fingerprint density at radius 3 is 2.72 bits per heavy atom. The predicted octanol–water partition coefficient (Wildman–Crippen LogP) is 4.44. The number of rotatable bonds is 5. The van der Waals surface area contributed by atoms with Crippen LogP contribution >= 0.6 is 27.3 Å². The Kier molecular flexibility index (Phi) is 6.17. The number of thiophene rings is 1. The van der Waals surface area contributed by atoms with Gasteiger partial charge in [-0.3, -0.25) is 4.79 Å². The zero-order chi connectivity index (χ0) is 18.6. The normalized spacial score (nSPS) is 11.1. The Hall–Kier alpha value is -2.37. The van der Waals surface area contributed by atoms with Crippen molar-refractivity contribution in [2.75, 3.05) is 11.9 Å². The van der Waals surface area contributed by atoms with Crippen LogP contribution in [-0.4, -0.2) is 18.5 Å². The molecule has 2 heterocycles. The van der Waals surface area contributed by atoms with Crippen LogP contribution < -0.4 is 5.32 Å². The van der Waals surface area contributed by atoms with Crippen molar-refractivity contribution in [1.82, 2.24) is 0 Å². The number of carbonyl (C=O) groups excluding carboxylic acids is 2. The lowest BCUT2D eigenvalue weighted by Crippen LogP contribution is -2.16. The number of hydrogen-bond donors (Lipinski definition) is 1. The largest absolute Gasteiger partial charge is 0.462 e. The Labute approximate surface area is 157 Å². The summed E-state index contributed by atoms with van der Waals surface area (Å²) in [6.45, 7) is 5.58. The van der Waals surface area contributed by atoms with Crippen LogP contribution in [0, 0.1) is 25.2 Å². The molecule has 6 nitrogen and oxygen atoms in total. The summed E-state index contributed by atoms with van der Waals surface area (Å²) in [5.41, 5.74) is 0.923. The van der Waals surface area contributed by atoms with Gasteiger partial charge in [-0.15, -0.1) is 11.3 Å². The average Bonchev–Trinajstić information content (AvgIpc) is 3.08. The van der Waals surface area contributed by atoms with Crippen molar-refractivity contribution in [3.8, 4) is 6.07 Å². The molecule has 2 rings (SSSR count). The minimum Gasteiger partial charge on any atom is -0.462 e. The van der Waals surface area contributed by atoms with Crippen LogP contribution in [0.3, 0.4) is 0 Å². The van der Waals surface area contributed by atoms with Crippen LogP contribution in [0.25, 0.3) is 6.08 Å². The van der Waals surface area contributed by atoms with Crippen LogP contribution in [0.15, 0.2) is 26.8 Å². The van der Waals surface area contributed by atoms with E-state index < -0.39 is 11.9 Å². The van der Waals surface area contributed by atoms with Crippen LogP contribution in [-0.2, 0) is 9.53 Å². The van der Waals surface area contributed by atoms with Crippen molar-refractivity contribution in [2.24, 2.45) is 0 Å². The highest BCUT2D eigenvalue weighted by Gasteiger charge is 2.23. The van der Waals surface area contributed by atoms with Gasteiger partial charge in [0.05, 0.1) is 12.2 Å². The number of anilines is 1. The fourth-order valence-corrected chi connectivity index (χ4v) is 3.39. The third-order valence-electron chi connectivity index (χ3n) is 3.34. The molecule has 0 atom stereocenters. The van der Waals surface area contributed by atoms with Gasteiger partial charge in [-0.05, 0) is 54.4 Å². The molecule has 0 aliphatic carbocycles. The Morgan fingerprint density at radius 1 is 1.44 bits per heavy atom. The van der Waals surface area contributed by atoms with E-state index in [4.69, 9.17) is 9.15 Å². The molecule has 0 saturated carbocycles. The molecule has 25 heavy (non-hydrogen) atoms. The smallest absolute Gasteiger partial charge is 0.341 e. The standard InChI is InChI=1S/C17H15BrN2O4S/c1-4-23-17(22)14-9(2)10(3)25-16(14)20-15(21)11(8-19)7-12-5-6-13(18)24-12/h5-7H,4H2,1-3H3,(H,20,21)/b11-7+. The van der Waals surface area contributed by atoms with Gasteiger partial charge in [-0.1, -0.05) is 0 Å². The van der Waals surface area contributed by atoms with E-state index in [1.807, 2.05) is 13.0 Å². The summed E-state index contributed by atoms with van der Waals surface area (Å²) in [4.78, 5) is 25.4. The number of nitrogens with zero attached hydrogens (tertiary/aromatic N) is 1. The quantitative estimate of drug-likeness (QED) is 0.436. The molecule has 0 spiro atoms. The second kappa shape index (κ2) is 8.14. The summed E-state index contributed by atoms with van der Waals surface area (Å²) in [5.74, 6) is -0.762. The number of nitriles is 1. The van der Waals surface area contributed by atoms with Crippen molar-refractivity contribution < 1.29 is 18.7 Å². The molecule has 0 aliphatic heterocycles. The van der Waals surface area contributed by atoms with Gasteiger partial charge in [0.2, 0.25) is 0 Å². The molecule has 0 aromatic carbocycles. The lowest BCUT2D eigenvalue weighted by molar-refractivity contribution is -0.112. The Balaban J connectivity index is 2.31. The second-order valence-electron chi connectivity index (χ2n) is 4.97. The zero-order valence-corrected chi connectivity index (χ0v) is 16.2. The van der Waals surface area contributed by atoms with Crippen LogP contribution in [0.4, 0.5) is 5.00 Å². The van der Waals surface area contributed by atoms with Gasteiger partial charge in [0.25, 0.3) is 5.91 Å². The van der Waals surface area contributed by atoms with E-state index in [-0.39, 0.29) is 12.2 Å². The maximum atomic E-state index is 12.4. The summed E-state index contributed by atoms with van der Waals surface area (Å²) in [6, 6.07) is 5.12. The Bertz CT molecular complexity index is 889. The second-order valence-corrected chi connectivity index (χ2v) is 6.98. The highest BCUT2D eigenvalue weighted by molar-refractivity contribution is 9.10. The third-order valence-corrected chi connectivity index (χ3v) is 4.89. The van der Waals surface area contributed by atoms with Crippen molar-refractivity contribution in [3.05, 3.63) is 44.1 Å². The van der Waals surface area contributed by atoms with Crippen LogP contribution in [0.1, 0.15) is 33.5 Å². The maximum absolute atomic E-state index is 12.4. The van der Waals surface area contributed by atoms with E-state index in [2.05, 4.69) is 21.2 Å². The predicted molar refractivity (Wildman–Crippen MR) is 98.4 cm³/mol. The molecule has 8 heteroatoms. The topological polar surface area (TPSA) is 92.3 Å². The van der Waals surface area contributed by atoms with Crippen LogP contribution in [0.2, 0.25) is 0 Å². The van der Waals surface area contributed by atoms with Crippen LogP contribution in [0.5, 0.6) is 0 Å². The molecule has 0 radical (unpaired) electrons. The van der Waals surface area contributed by atoms with Gasteiger partial charge in [0.1, 0.15) is 22.4 Å². The molecule has 2 aromatic heterocycles. The number of esters is 1. The number of hydrogen-bond acceptors (Lipinski definition) is 6. The van der Waals surface area contributed by atoms with Crippen molar-refractivity contribution in [1.29, 1.82) is 5.26 Å². The number of furan rings is 1. The maximum Gasteiger partial charge on any atom is 0.341 e. The first-order chi connectivity index (χ1) is 11.9. The summed E-state index contributed by atoms with van der Waals surface area (Å²) in [5, 5.41) is 12.2. The van der Waals surface area contributed by atoms with Crippen molar-refractivity contribution in [2.45, 2.75) is 20.8 Å². The summed E-state index contributed by atoms with van der Waals surface area (Å²) in [7, 11) is 0. The number of amides is 1. The summed E-state index contributed by atoms with van der Waals surface area (Å²) in [6.07, 6.45) is 1.33. The van der Waals surface area contributed by atoms with Crippen molar-refractivity contribution in [3.63, 3.8) is 0 Å². The molecule has 0 fully saturated rings. The summed E-state index contributed by atoms with van der Waals surface area (Å²) >= 11 is 4.42.